The first kappa shape index (κ1) is 33.9. The Labute approximate surface area is 234 Å². The molecule has 1 fully saturated rings. The van der Waals surface area contributed by atoms with Gasteiger partial charge in [0.1, 0.15) is 17.5 Å². The van der Waals surface area contributed by atoms with E-state index in [1.165, 1.54) is 26.3 Å². The topological polar surface area (TPSA) is 143 Å². The Morgan fingerprint density at radius 3 is 2.03 bits per heavy atom. The Kier molecular flexibility index (Phi) is 12.0. The van der Waals surface area contributed by atoms with Crippen LogP contribution in [0.3, 0.4) is 0 Å². The Morgan fingerprint density at radius 1 is 1.03 bits per heavy atom. The molecule has 3 amide bonds. The Bertz CT molecular complexity index is 1020. The average molecular weight is 547 g/mol. The number of carbonyl (C=O) groups is 3. The highest BCUT2D eigenvalue weighted by Crippen LogP contribution is 2.37. The predicted octanol–water partition coefficient (Wildman–Crippen LogP) is 5.21. The van der Waals surface area contributed by atoms with E-state index in [4.69, 9.17) is 10.5 Å². The molecule has 2 rings (SSSR count). The molecule has 0 radical (unpaired) electrons. The van der Waals surface area contributed by atoms with Crippen LogP contribution in [0.1, 0.15) is 106 Å². The van der Waals surface area contributed by atoms with Crippen LogP contribution < -0.4 is 21.1 Å². The van der Waals surface area contributed by atoms with E-state index in [0.717, 1.165) is 18.4 Å². The molecule has 220 valence electrons. The van der Waals surface area contributed by atoms with E-state index in [-0.39, 0.29) is 28.5 Å². The van der Waals surface area contributed by atoms with Crippen LogP contribution in [0, 0.1) is 10.8 Å². The lowest BCUT2D eigenvalue weighted by Crippen LogP contribution is -2.54. The number of rotatable bonds is 5. The molecule has 1 aromatic carbocycles. The molecular formula is C30H50N4O5. The van der Waals surface area contributed by atoms with Crippen molar-refractivity contribution in [3.8, 4) is 11.5 Å². The summed E-state index contributed by atoms with van der Waals surface area (Å²) in [6.45, 7) is 17.1. The molecule has 39 heavy (non-hydrogen) atoms. The van der Waals surface area contributed by atoms with Crippen LogP contribution in [0.2, 0.25) is 0 Å². The summed E-state index contributed by atoms with van der Waals surface area (Å²) in [5.41, 5.74) is 5.10. The lowest BCUT2D eigenvalue weighted by molar-refractivity contribution is -0.143. The lowest BCUT2D eigenvalue weighted by Gasteiger charge is -2.29. The van der Waals surface area contributed by atoms with Crippen molar-refractivity contribution < 1.29 is 24.2 Å². The first-order chi connectivity index (χ1) is 17.8. The van der Waals surface area contributed by atoms with Gasteiger partial charge in [0.2, 0.25) is 5.91 Å². The maximum absolute atomic E-state index is 12.3. The third-order valence-corrected chi connectivity index (χ3v) is 6.40. The fraction of sp³-hybridized carbons (Fsp3) is 0.667. The molecule has 1 saturated carbocycles. The lowest BCUT2D eigenvalue weighted by atomic mass is 9.85. The predicted molar refractivity (Wildman–Crippen MR) is 156 cm³/mol. The molecule has 1 atom stereocenters. The molecule has 9 nitrogen and oxygen atoms in total. The third-order valence-electron chi connectivity index (χ3n) is 6.40. The van der Waals surface area contributed by atoms with E-state index in [1.807, 2.05) is 62.3 Å². The number of nitrogens with one attached hydrogen (secondary N) is 2. The second kappa shape index (κ2) is 13.8. The minimum absolute atomic E-state index is 0.215. The monoisotopic (exact) mass is 546 g/mol. The molecule has 1 unspecified atom stereocenters. The number of primary amides is 1. The zero-order chi connectivity index (χ0) is 30.2. The van der Waals surface area contributed by atoms with Gasteiger partial charge in [-0.25, -0.2) is 4.79 Å². The Morgan fingerprint density at radius 2 is 1.59 bits per heavy atom. The smallest absolute Gasteiger partial charge is 0.316 e. The number of ether oxygens (including phenoxy) is 1. The SMILES string of the molecule is CC(C)(C)C(=O)Oc1cc(C=NC2CCCCC2)c(O)c(C(C)(C)C)c1.CNC(=O)C(NC(N)=O)C(C)(C)C. The summed E-state index contributed by atoms with van der Waals surface area (Å²) < 4.78 is 5.59. The van der Waals surface area contributed by atoms with E-state index in [2.05, 4.69) is 15.6 Å². The zero-order valence-electron chi connectivity index (χ0n) is 25.5. The highest BCUT2D eigenvalue weighted by molar-refractivity contribution is 5.87. The molecule has 1 aliphatic rings. The number of hydrogen-bond acceptors (Lipinski definition) is 6. The third kappa shape index (κ3) is 11.3. The van der Waals surface area contributed by atoms with E-state index in [9.17, 15) is 19.5 Å². The highest BCUT2D eigenvalue weighted by atomic mass is 16.5. The molecular weight excluding hydrogens is 496 g/mol. The van der Waals surface area contributed by atoms with Crippen LogP contribution in [0.4, 0.5) is 4.79 Å². The van der Waals surface area contributed by atoms with Gasteiger partial charge in [0.05, 0.1) is 5.41 Å². The van der Waals surface area contributed by atoms with Crippen LogP contribution in [0.5, 0.6) is 11.5 Å². The minimum Gasteiger partial charge on any atom is -0.507 e. The molecule has 0 aliphatic heterocycles. The van der Waals surface area contributed by atoms with Gasteiger partial charge in [-0.3, -0.25) is 14.6 Å². The van der Waals surface area contributed by atoms with Crippen molar-refractivity contribution in [1.82, 2.24) is 10.6 Å². The number of esters is 1. The van der Waals surface area contributed by atoms with Gasteiger partial charge in [0, 0.05) is 30.4 Å². The molecule has 0 saturated heterocycles. The summed E-state index contributed by atoms with van der Waals surface area (Å²) >= 11 is 0. The normalized spacial score (nSPS) is 15.6. The van der Waals surface area contributed by atoms with Gasteiger partial charge in [-0.05, 0) is 56.6 Å². The van der Waals surface area contributed by atoms with E-state index < -0.39 is 17.5 Å². The molecule has 9 heteroatoms. The number of benzene rings is 1. The number of phenolic OH excluding ortho intramolecular Hbond substituents is 1. The first-order valence-electron chi connectivity index (χ1n) is 13.7. The van der Waals surface area contributed by atoms with E-state index in [1.54, 1.807) is 18.3 Å². The maximum Gasteiger partial charge on any atom is 0.316 e. The standard InChI is InChI=1S/C22H33NO3.C8H17N3O2/c1-21(2,3)18-13-17(26-20(25)22(4,5)6)12-15(19(18)24)14-23-16-10-8-7-9-11-16;1-8(2,3)5(6(12)10-4)11-7(9)13/h12-14,16,24H,7-11H2,1-6H3;5H,1-4H3,(H,10,12)(H3,9,11,13). The van der Waals surface area contributed by atoms with E-state index >= 15 is 0 Å². The molecule has 0 bridgehead atoms. The Balaban J connectivity index is 0.000000495. The second-order valence-electron chi connectivity index (χ2n) is 13.3. The van der Waals surface area contributed by atoms with Crippen LogP contribution in [0.25, 0.3) is 0 Å². The number of aromatic hydroxyl groups is 1. The van der Waals surface area contributed by atoms with Crippen molar-refractivity contribution >= 4 is 24.1 Å². The largest absolute Gasteiger partial charge is 0.507 e. The zero-order valence-corrected chi connectivity index (χ0v) is 25.5. The molecule has 0 spiro atoms. The van der Waals surface area contributed by atoms with Crippen molar-refractivity contribution in [2.45, 2.75) is 112 Å². The van der Waals surface area contributed by atoms with Crippen molar-refractivity contribution in [3.05, 3.63) is 23.3 Å². The minimum atomic E-state index is -0.691. The summed E-state index contributed by atoms with van der Waals surface area (Å²) in [6.07, 6.45) is 7.65. The maximum atomic E-state index is 12.3. The van der Waals surface area contributed by atoms with Crippen molar-refractivity contribution in [2.75, 3.05) is 7.05 Å². The molecule has 1 aliphatic carbocycles. The first-order valence-corrected chi connectivity index (χ1v) is 13.7. The van der Waals surface area contributed by atoms with Crippen LogP contribution >= 0.6 is 0 Å². The van der Waals surface area contributed by atoms with Gasteiger partial charge in [-0.15, -0.1) is 0 Å². The Hall–Kier alpha value is -3.10. The number of aliphatic imine (C=N–C) groups is 1. The second-order valence-corrected chi connectivity index (χ2v) is 13.3. The van der Waals surface area contributed by atoms with Gasteiger partial charge >= 0.3 is 12.0 Å². The average Bonchev–Trinajstić information content (AvgIpc) is 2.81. The number of nitrogens with two attached hydrogens (primary N) is 1. The summed E-state index contributed by atoms with van der Waals surface area (Å²) in [5.74, 6) is 0.134. The number of likely N-dealkylation sites (N-methyl/N-ethyl adjacent to an activating group) is 1. The number of amides is 3. The van der Waals surface area contributed by atoms with Gasteiger partial charge in [0.25, 0.3) is 0 Å². The fourth-order valence-corrected chi connectivity index (χ4v) is 4.00. The van der Waals surface area contributed by atoms with E-state index in [0.29, 0.717) is 17.4 Å². The van der Waals surface area contributed by atoms with Gasteiger partial charge in [-0.1, -0.05) is 60.8 Å². The summed E-state index contributed by atoms with van der Waals surface area (Å²) in [7, 11) is 1.52. The van der Waals surface area contributed by atoms with Crippen molar-refractivity contribution in [2.24, 2.45) is 21.6 Å². The van der Waals surface area contributed by atoms with Crippen LogP contribution in [0.15, 0.2) is 17.1 Å². The number of carbonyl (C=O) groups excluding carboxylic acids is 3. The van der Waals surface area contributed by atoms with Crippen molar-refractivity contribution in [3.63, 3.8) is 0 Å². The number of phenols is 1. The number of urea groups is 1. The van der Waals surface area contributed by atoms with Gasteiger partial charge in [0.15, 0.2) is 0 Å². The molecule has 0 aromatic heterocycles. The summed E-state index contributed by atoms with van der Waals surface area (Å²) in [4.78, 5) is 38.9. The molecule has 5 N–H and O–H groups in total. The fourth-order valence-electron chi connectivity index (χ4n) is 4.00. The van der Waals surface area contributed by atoms with Gasteiger partial charge < -0.3 is 26.2 Å². The van der Waals surface area contributed by atoms with Crippen LogP contribution in [-0.2, 0) is 15.0 Å². The van der Waals surface area contributed by atoms with Crippen molar-refractivity contribution in [1.29, 1.82) is 0 Å². The summed E-state index contributed by atoms with van der Waals surface area (Å²) in [6, 6.07) is 2.50. The summed E-state index contributed by atoms with van der Waals surface area (Å²) in [5, 5.41) is 15.6. The van der Waals surface area contributed by atoms with Crippen LogP contribution in [-0.4, -0.2) is 48.4 Å². The number of hydrogen-bond donors (Lipinski definition) is 4. The van der Waals surface area contributed by atoms with Gasteiger partial charge in [-0.2, -0.15) is 0 Å². The molecule has 0 heterocycles. The molecule has 1 aromatic rings. The quantitative estimate of drug-likeness (QED) is 0.228. The number of nitrogens with zero attached hydrogens (tertiary/aromatic N) is 1. The highest BCUT2D eigenvalue weighted by Gasteiger charge is 2.31.